The Morgan fingerprint density at radius 2 is 2.05 bits per heavy atom. The number of aromatic nitrogens is 2. The van der Waals surface area contributed by atoms with Crippen molar-refractivity contribution in [3.8, 4) is 0 Å². The maximum absolute atomic E-state index is 5.46. The Labute approximate surface area is 124 Å². The lowest BCUT2D eigenvalue weighted by Crippen LogP contribution is -2.33. The van der Waals surface area contributed by atoms with E-state index in [4.69, 9.17) is 9.05 Å². The molecular weight excluding hydrogens is 266 g/mol. The molecule has 1 atom stereocenters. The molecule has 1 aliphatic carbocycles. The van der Waals surface area contributed by atoms with Gasteiger partial charge in [-0.15, -0.1) is 0 Å². The number of nitrogens with zero attached hydrogens (tertiary/aromatic N) is 3. The van der Waals surface area contributed by atoms with E-state index in [-0.39, 0.29) is 0 Å². The maximum Gasteiger partial charge on any atom is 0.140 e. The van der Waals surface area contributed by atoms with E-state index in [1.807, 2.05) is 6.92 Å². The minimum absolute atomic E-state index is 0.345. The Morgan fingerprint density at radius 1 is 1.14 bits per heavy atom. The van der Waals surface area contributed by atoms with Crippen molar-refractivity contribution in [3.63, 3.8) is 0 Å². The summed E-state index contributed by atoms with van der Waals surface area (Å²) in [4.78, 5) is 2.45. The van der Waals surface area contributed by atoms with Gasteiger partial charge in [0.25, 0.3) is 0 Å². The van der Waals surface area contributed by atoms with Gasteiger partial charge in [-0.05, 0) is 39.2 Å². The number of hydrogen-bond acceptors (Lipinski definition) is 5. The zero-order chi connectivity index (χ0) is 14.2. The molecule has 0 unspecified atom stereocenters. The molecule has 0 aromatic carbocycles. The lowest BCUT2D eigenvalue weighted by Gasteiger charge is -2.33. The van der Waals surface area contributed by atoms with E-state index in [0.29, 0.717) is 12.0 Å². The quantitative estimate of drug-likeness (QED) is 0.860. The van der Waals surface area contributed by atoms with Crippen molar-refractivity contribution < 1.29 is 9.05 Å². The molecule has 2 aromatic rings. The van der Waals surface area contributed by atoms with Crippen LogP contribution in [-0.4, -0.2) is 21.8 Å². The first-order valence-electron chi connectivity index (χ1n) is 7.92. The Bertz CT molecular complexity index is 615. The van der Waals surface area contributed by atoms with E-state index in [1.54, 1.807) is 0 Å². The smallest absolute Gasteiger partial charge is 0.140 e. The van der Waals surface area contributed by atoms with Gasteiger partial charge in [-0.25, -0.2) is 0 Å². The average Bonchev–Trinajstić information content (AvgIpc) is 3.09. The van der Waals surface area contributed by atoms with E-state index >= 15 is 0 Å². The van der Waals surface area contributed by atoms with Crippen molar-refractivity contribution in [2.45, 2.75) is 57.5 Å². The predicted octanol–water partition coefficient (Wildman–Crippen LogP) is 3.58. The molecule has 1 aliphatic heterocycles. The largest absolute Gasteiger partial charge is 0.361 e. The van der Waals surface area contributed by atoms with Gasteiger partial charge in [-0.3, -0.25) is 4.90 Å². The maximum atomic E-state index is 5.46. The number of rotatable bonds is 4. The van der Waals surface area contributed by atoms with Crippen LogP contribution in [0.25, 0.3) is 0 Å². The van der Waals surface area contributed by atoms with Gasteiger partial charge in [0, 0.05) is 24.6 Å². The fraction of sp³-hybridized carbons (Fsp3) is 0.625. The third kappa shape index (κ3) is 2.75. The third-order valence-electron chi connectivity index (χ3n) is 4.52. The number of piperidine rings is 1. The Morgan fingerprint density at radius 3 is 2.81 bits per heavy atom. The summed E-state index contributed by atoms with van der Waals surface area (Å²) in [5.74, 6) is 2.57. The molecule has 21 heavy (non-hydrogen) atoms. The highest BCUT2D eigenvalue weighted by molar-refractivity contribution is 5.15. The zero-order valence-electron chi connectivity index (χ0n) is 12.4. The molecule has 0 spiro atoms. The highest BCUT2D eigenvalue weighted by atomic mass is 16.5. The van der Waals surface area contributed by atoms with Gasteiger partial charge in [0.2, 0.25) is 0 Å². The second kappa shape index (κ2) is 5.30. The van der Waals surface area contributed by atoms with E-state index in [9.17, 15) is 0 Å². The summed E-state index contributed by atoms with van der Waals surface area (Å²) in [5, 5.41) is 8.46. The monoisotopic (exact) mass is 287 g/mol. The van der Waals surface area contributed by atoms with Gasteiger partial charge in [-0.1, -0.05) is 16.7 Å². The van der Waals surface area contributed by atoms with Crippen LogP contribution in [0.5, 0.6) is 0 Å². The molecule has 5 nitrogen and oxygen atoms in total. The van der Waals surface area contributed by atoms with E-state index in [1.165, 1.54) is 25.7 Å². The fourth-order valence-corrected chi connectivity index (χ4v) is 3.23. The molecular formula is C16H21N3O2. The number of hydrogen-bond donors (Lipinski definition) is 0. The van der Waals surface area contributed by atoms with Crippen LogP contribution in [0.2, 0.25) is 0 Å². The summed E-state index contributed by atoms with van der Waals surface area (Å²) in [7, 11) is 0. The standard InChI is InChI=1S/C16H21N3O2/c1-11-8-14(18-20-11)15-4-2-3-7-19(15)10-13-9-16(21-17-13)12-5-6-12/h8-9,12,15H,2-7,10H2,1H3/t15-/m1/s1. The predicted molar refractivity (Wildman–Crippen MR) is 76.7 cm³/mol. The van der Waals surface area contributed by atoms with Crippen LogP contribution >= 0.6 is 0 Å². The highest BCUT2D eigenvalue weighted by Crippen LogP contribution is 2.40. The van der Waals surface area contributed by atoms with Crippen molar-refractivity contribution in [1.29, 1.82) is 0 Å². The lowest BCUT2D eigenvalue weighted by atomic mass is 9.99. The van der Waals surface area contributed by atoms with Crippen LogP contribution in [0, 0.1) is 6.92 Å². The summed E-state index contributed by atoms with van der Waals surface area (Å²) in [6.45, 7) is 3.87. The minimum Gasteiger partial charge on any atom is -0.361 e. The molecule has 5 heteroatoms. The van der Waals surface area contributed by atoms with Crippen LogP contribution in [0.4, 0.5) is 0 Å². The van der Waals surface area contributed by atoms with Gasteiger partial charge < -0.3 is 9.05 Å². The molecule has 0 amide bonds. The van der Waals surface area contributed by atoms with Crippen LogP contribution in [0.1, 0.15) is 67.0 Å². The minimum atomic E-state index is 0.345. The first-order valence-corrected chi connectivity index (χ1v) is 7.92. The topological polar surface area (TPSA) is 55.3 Å². The van der Waals surface area contributed by atoms with Gasteiger partial charge in [0.15, 0.2) is 0 Å². The van der Waals surface area contributed by atoms with E-state index < -0.39 is 0 Å². The van der Waals surface area contributed by atoms with Gasteiger partial charge in [0.05, 0.1) is 11.7 Å². The molecule has 2 aliphatic rings. The van der Waals surface area contributed by atoms with Crippen molar-refractivity contribution in [2.24, 2.45) is 0 Å². The summed E-state index contributed by atoms with van der Waals surface area (Å²) in [5.41, 5.74) is 2.10. The number of aryl methyl sites for hydroxylation is 1. The molecule has 4 rings (SSSR count). The summed E-state index contributed by atoms with van der Waals surface area (Å²) >= 11 is 0. The van der Waals surface area contributed by atoms with Crippen molar-refractivity contribution in [2.75, 3.05) is 6.54 Å². The van der Waals surface area contributed by atoms with Crippen molar-refractivity contribution >= 4 is 0 Å². The third-order valence-corrected chi connectivity index (χ3v) is 4.52. The fourth-order valence-electron chi connectivity index (χ4n) is 3.23. The molecule has 0 N–H and O–H groups in total. The Balaban J connectivity index is 1.50. The summed E-state index contributed by atoms with van der Waals surface area (Å²) < 4.78 is 10.7. The first kappa shape index (κ1) is 13.1. The van der Waals surface area contributed by atoms with Gasteiger partial charge >= 0.3 is 0 Å². The Kier molecular flexibility index (Phi) is 3.30. The molecule has 0 radical (unpaired) electrons. The Hall–Kier alpha value is -1.62. The van der Waals surface area contributed by atoms with E-state index in [0.717, 1.165) is 42.4 Å². The lowest BCUT2D eigenvalue weighted by molar-refractivity contribution is 0.130. The molecule has 0 bridgehead atoms. The van der Waals surface area contributed by atoms with Gasteiger partial charge in [-0.2, -0.15) is 0 Å². The zero-order valence-corrected chi connectivity index (χ0v) is 12.4. The van der Waals surface area contributed by atoms with Gasteiger partial charge in [0.1, 0.15) is 17.2 Å². The summed E-state index contributed by atoms with van der Waals surface area (Å²) in [6.07, 6.45) is 6.12. The van der Waals surface area contributed by atoms with E-state index in [2.05, 4.69) is 27.3 Å². The van der Waals surface area contributed by atoms with Crippen molar-refractivity contribution in [3.05, 3.63) is 35.0 Å². The number of likely N-dealkylation sites (tertiary alicyclic amines) is 1. The second-order valence-corrected chi connectivity index (χ2v) is 6.34. The molecule has 3 heterocycles. The molecule has 1 saturated heterocycles. The van der Waals surface area contributed by atoms with Crippen LogP contribution < -0.4 is 0 Å². The average molecular weight is 287 g/mol. The molecule has 1 saturated carbocycles. The second-order valence-electron chi connectivity index (χ2n) is 6.34. The molecule has 2 aromatic heterocycles. The first-order chi connectivity index (χ1) is 10.3. The summed E-state index contributed by atoms with van der Waals surface area (Å²) in [6, 6.07) is 4.54. The molecule has 112 valence electrons. The normalized spacial score (nSPS) is 23.6. The van der Waals surface area contributed by atoms with Crippen LogP contribution in [0.15, 0.2) is 21.2 Å². The SMILES string of the molecule is Cc1cc([C@H]2CCCCN2Cc2cc(C3CC3)on2)no1. The highest BCUT2D eigenvalue weighted by Gasteiger charge is 2.30. The van der Waals surface area contributed by atoms with Crippen LogP contribution in [0.3, 0.4) is 0 Å². The van der Waals surface area contributed by atoms with Crippen LogP contribution in [-0.2, 0) is 6.54 Å². The molecule has 2 fully saturated rings. The van der Waals surface area contributed by atoms with Crippen molar-refractivity contribution in [1.82, 2.24) is 15.2 Å².